The molecule has 3 heteroatoms. The van der Waals surface area contributed by atoms with Gasteiger partial charge in [0, 0.05) is 38.7 Å². The third kappa shape index (κ3) is 3.60. The van der Waals surface area contributed by atoms with Gasteiger partial charge in [-0.1, -0.05) is 29.8 Å². The van der Waals surface area contributed by atoms with Crippen LogP contribution in [0.2, 0.25) is 0 Å². The van der Waals surface area contributed by atoms with Crippen LogP contribution in [0.1, 0.15) is 30.9 Å². The monoisotopic (exact) mass is 277 g/mol. The molecule has 112 valence electrons. The molecule has 0 aliphatic carbocycles. The molecule has 0 aromatic heterocycles. The van der Waals surface area contributed by atoms with Gasteiger partial charge in [-0.25, -0.2) is 0 Å². The van der Waals surface area contributed by atoms with Gasteiger partial charge in [0.1, 0.15) is 0 Å². The lowest BCUT2D eigenvalue weighted by Crippen LogP contribution is -2.55. The molecule has 1 N–H and O–H groups in total. The van der Waals surface area contributed by atoms with Crippen molar-refractivity contribution in [1.82, 2.24) is 5.32 Å². The summed E-state index contributed by atoms with van der Waals surface area (Å²) in [5, 5.41) is 3.48. The molecular formula is C17H27NO2. The number of aryl methyl sites for hydroxylation is 1. The molecule has 1 aromatic carbocycles. The molecule has 2 rings (SSSR count). The van der Waals surface area contributed by atoms with Crippen LogP contribution in [0.15, 0.2) is 24.3 Å². The summed E-state index contributed by atoms with van der Waals surface area (Å²) in [5.74, 6) is 0. The van der Waals surface area contributed by atoms with E-state index in [-0.39, 0.29) is 5.60 Å². The van der Waals surface area contributed by atoms with E-state index in [1.54, 1.807) is 0 Å². The van der Waals surface area contributed by atoms with Crippen LogP contribution < -0.4 is 5.32 Å². The van der Waals surface area contributed by atoms with Gasteiger partial charge in [-0.15, -0.1) is 0 Å². The van der Waals surface area contributed by atoms with Crippen LogP contribution in [-0.2, 0) is 15.9 Å². The zero-order valence-electron chi connectivity index (χ0n) is 12.9. The number of hydrogen-bond donors (Lipinski definition) is 1. The topological polar surface area (TPSA) is 30.5 Å². The minimum atomic E-state index is -0.0906. The molecule has 1 aliphatic heterocycles. The summed E-state index contributed by atoms with van der Waals surface area (Å²) in [6, 6.07) is 9.13. The first-order valence-electron chi connectivity index (χ1n) is 7.64. The lowest BCUT2D eigenvalue weighted by Gasteiger charge is -2.43. The quantitative estimate of drug-likeness (QED) is 0.867. The molecule has 1 fully saturated rings. The van der Waals surface area contributed by atoms with E-state index in [1.807, 2.05) is 7.05 Å². The lowest BCUT2D eigenvalue weighted by atomic mass is 9.82. The minimum Gasteiger partial charge on any atom is -0.381 e. The van der Waals surface area contributed by atoms with E-state index >= 15 is 0 Å². The Balaban J connectivity index is 2.13. The Morgan fingerprint density at radius 1 is 1.25 bits per heavy atom. The summed E-state index contributed by atoms with van der Waals surface area (Å²) in [4.78, 5) is 0. The molecule has 1 heterocycles. The fraction of sp³-hybridized carbons (Fsp3) is 0.647. The molecule has 20 heavy (non-hydrogen) atoms. The van der Waals surface area contributed by atoms with Crippen LogP contribution in [0, 0.1) is 6.92 Å². The smallest absolute Gasteiger partial charge is 0.0881 e. The van der Waals surface area contributed by atoms with Crippen molar-refractivity contribution in [2.75, 3.05) is 26.9 Å². The van der Waals surface area contributed by atoms with Crippen molar-refractivity contribution in [2.24, 2.45) is 0 Å². The highest BCUT2D eigenvalue weighted by atomic mass is 16.5. The van der Waals surface area contributed by atoms with Gasteiger partial charge in [0.25, 0.3) is 0 Å². The van der Waals surface area contributed by atoms with Crippen molar-refractivity contribution in [1.29, 1.82) is 0 Å². The van der Waals surface area contributed by atoms with Crippen molar-refractivity contribution < 1.29 is 9.47 Å². The molecule has 0 saturated carbocycles. The Morgan fingerprint density at radius 3 is 2.45 bits per heavy atom. The molecule has 1 atom stereocenters. The maximum absolute atomic E-state index is 6.18. The van der Waals surface area contributed by atoms with Gasteiger partial charge < -0.3 is 14.8 Å². The van der Waals surface area contributed by atoms with Crippen molar-refractivity contribution in [3.63, 3.8) is 0 Å². The minimum absolute atomic E-state index is 0.0906. The van der Waals surface area contributed by atoms with Crippen molar-refractivity contribution in [3.05, 3.63) is 35.4 Å². The predicted molar refractivity (Wildman–Crippen MR) is 82.1 cm³/mol. The Hall–Kier alpha value is -0.900. The molecule has 1 unspecified atom stereocenters. The molecule has 0 radical (unpaired) electrons. The molecule has 0 spiro atoms. The Morgan fingerprint density at radius 2 is 1.90 bits per heavy atom. The summed E-state index contributed by atoms with van der Waals surface area (Å²) in [5.41, 5.74) is 2.58. The standard InChI is InChI=1S/C17H27NO2/c1-4-20-17(9-11-19-12-10-17)16(18-3)13-15-7-5-14(2)6-8-15/h5-8,16,18H,4,9-13H2,1-3H3. The van der Waals surface area contributed by atoms with E-state index in [9.17, 15) is 0 Å². The average molecular weight is 277 g/mol. The van der Waals surface area contributed by atoms with Crippen LogP contribution in [0.4, 0.5) is 0 Å². The Kier molecular flexibility index (Phi) is 5.58. The van der Waals surface area contributed by atoms with Crippen LogP contribution in [-0.4, -0.2) is 38.5 Å². The molecule has 1 aliphatic rings. The number of rotatable bonds is 6. The van der Waals surface area contributed by atoms with Gasteiger partial charge in [0.2, 0.25) is 0 Å². The van der Waals surface area contributed by atoms with Gasteiger partial charge in [-0.2, -0.15) is 0 Å². The highest BCUT2D eigenvalue weighted by molar-refractivity contribution is 5.23. The maximum Gasteiger partial charge on any atom is 0.0881 e. The average Bonchev–Trinajstić information content (AvgIpc) is 2.48. The second-order valence-electron chi connectivity index (χ2n) is 5.64. The largest absolute Gasteiger partial charge is 0.381 e. The first-order chi connectivity index (χ1) is 9.70. The Labute approximate surface area is 122 Å². The summed E-state index contributed by atoms with van der Waals surface area (Å²) >= 11 is 0. The first kappa shape index (κ1) is 15.5. The summed E-state index contributed by atoms with van der Waals surface area (Å²) < 4.78 is 11.7. The van der Waals surface area contributed by atoms with Crippen molar-refractivity contribution >= 4 is 0 Å². The van der Waals surface area contributed by atoms with Gasteiger partial charge in [-0.3, -0.25) is 0 Å². The molecule has 1 aromatic rings. The number of ether oxygens (including phenoxy) is 2. The fourth-order valence-electron chi connectivity index (χ4n) is 3.11. The molecule has 0 amide bonds. The van der Waals surface area contributed by atoms with E-state index in [2.05, 4.69) is 43.4 Å². The van der Waals surface area contributed by atoms with E-state index < -0.39 is 0 Å². The number of hydrogen-bond acceptors (Lipinski definition) is 3. The lowest BCUT2D eigenvalue weighted by molar-refractivity contribution is -0.125. The third-order valence-corrected chi connectivity index (χ3v) is 4.31. The van der Waals surface area contributed by atoms with Crippen LogP contribution in [0.5, 0.6) is 0 Å². The van der Waals surface area contributed by atoms with Crippen LogP contribution >= 0.6 is 0 Å². The highest BCUT2D eigenvalue weighted by Crippen LogP contribution is 2.30. The third-order valence-electron chi connectivity index (χ3n) is 4.31. The second kappa shape index (κ2) is 7.21. The summed E-state index contributed by atoms with van der Waals surface area (Å²) in [6.45, 7) is 6.56. The van der Waals surface area contributed by atoms with E-state index in [4.69, 9.17) is 9.47 Å². The predicted octanol–water partition coefficient (Wildman–Crippen LogP) is 2.71. The van der Waals surface area contributed by atoms with Gasteiger partial charge in [0.15, 0.2) is 0 Å². The van der Waals surface area contributed by atoms with Crippen LogP contribution in [0.25, 0.3) is 0 Å². The zero-order valence-corrected chi connectivity index (χ0v) is 12.9. The van der Waals surface area contributed by atoms with Crippen molar-refractivity contribution in [3.8, 4) is 0 Å². The summed E-state index contributed by atoms with van der Waals surface area (Å²) in [7, 11) is 2.04. The number of likely N-dealkylation sites (N-methyl/N-ethyl adjacent to an activating group) is 1. The molecule has 0 bridgehead atoms. The fourth-order valence-corrected chi connectivity index (χ4v) is 3.11. The van der Waals surface area contributed by atoms with E-state index in [0.717, 1.165) is 39.1 Å². The molecule has 1 saturated heterocycles. The van der Waals surface area contributed by atoms with E-state index in [1.165, 1.54) is 11.1 Å². The highest BCUT2D eigenvalue weighted by Gasteiger charge is 2.40. The summed E-state index contributed by atoms with van der Waals surface area (Å²) in [6.07, 6.45) is 2.94. The van der Waals surface area contributed by atoms with Gasteiger partial charge in [0.05, 0.1) is 5.60 Å². The maximum atomic E-state index is 6.18. The van der Waals surface area contributed by atoms with Crippen LogP contribution in [0.3, 0.4) is 0 Å². The molecular weight excluding hydrogens is 250 g/mol. The van der Waals surface area contributed by atoms with Crippen molar-refractivity contribution in [2.45, 2.75) is 44.8 Å². The SMILES string of the molecule is CCOC1(C(Cc2ccc(C)cc2)NC)CCOCC1. The first-order valence-corrected chi connectivity index (χ1v) is 7.64. The van der Waals surface area contributed by atoms with E-state index in [0.29, 0.717) is 6.04 Å². The normalized spacial score (nSPS) is 19.8. The number of benzene rings is 1. The second-order valence-corrected chi connectivity index (χ2v) is 5.64. The Bertz CT molecular complexity index is 390. The number of nitrogens with one attached hydrogen (secondary N) is 1. The zero-order chi connectivity index (χ0) is 14.4. The molecule has 3 nitrogen and oxygen atoms in total. The van der Waals surface area contributed by atoms with Gasteiger partial charge >= 0.3 is 0 Å². The van der Waals surface area contributed by atoms with Gasteiger partial charge in [-0.05, 0) is 32.9 Å².